The zero-order valence-electron chi connectivity index (χ0n) is 11.4. The Hall–Kier alpha value is -1.44. The van der Waals surface area contributed by atoms with E-state index in [2.05, 4.69) is 42.3 Å². The van der Waals surface area contributed by atoms with Crippen LogP contribution in [0.15, 0.2) is 28.6 Å². The molecule has 2 aromatic rings. The van der Waals surface area contributed by atoms with Crippen LogP contribution in [0.4, 0.5) is 5.13 Å². The number of sulfonamides is 1. The summed E-state index contributed by atoms with van der Waals surface area (Å²) < 4.78 is 22.3. The van der Waals surface area contributed by atoms with Gasteiger partial charge in [-0.25, -0.2) is 18.5 Å². The van der Waals surface area contributed by atoms with E-state index >= 15 is 0 Å². The van der Waals surface area contributed by atoms with Gasteiger partial charge < -0.3 is 5.32 Å². The van der Waals surface area contributed by atoms with Gasteiger partial charge in [0.1, 0.15) is 0 Å². The molecule has 1 aromatic heterocycles. The summed E-state index contributed by atoms with van der Waals surface area (Å²) in [6.45, 7) is 4.84. The Balaban J connectivity index is 1.94. The van der Waals surface area contributed by atoms with Gasteiger partial charge in [0.2, 0.25) is 10.0 Å². The molecule has 0 atom stereocenters. The number of hydrogen-bond donors (Lipinski definition) is 2. The number of aromatic nitrogens is 1. The van der Waals surface area contributed by atoms with E-state index < -0.39 is 10.0 Å². The van der Waals surface area contributed by atoms with Crippen molar-refractivity contribution in [1.29, 1.82) is 0 Å². The van der Waals surface area contributed by atoms with Crippen LogP contribution in [-0.4, -0.2) is 19.9 Å². The first-order valence-electron chi connectivity index (χ1n) is 6.14. The summed E-state index contributed by atoms with van der Waals surface area (Å²) in [6, 6.07) is 6.43. The summed E-state index contributed by atoms with van der Waals surface area (Å²) in [5.41, 5.74) is 3.73. The summed E-state index contributed by atoms with van der Waals surface area (Å²) in [5.74, 6) is 0. The van der Waals surface area contributed by atoms with Gasteiger partial charge in [-0.1, -0.05) is 40.7 Å². The van der Waals surface area contributed by atoms with Gasteiger partial charge in [0.25, 0.3) is 0 Å². The van der Waals surface area contributed by atoms with E-state index in [1.807, 2.05) is 0 Å². The summed E-state index contributed by atoms with van der Waals surface area (Å²) in [7, 11) is -3.65. The van der Waals surface area contributed by atoms with E-state index in [-0.39, 0.29) is 4.21 Å². The van der Waals surface area contributed by atoms with Gasteiger partial charge in [0, 0.05) is 6.54 Å². The molecule has 2 rings (SSSR count). The second-order valence-corrected chi connectivity index (χ2v) is 7.52. The molecule has 0 saturated heterocycles. The number of rotatable bonds is 5. The standard InChI is InChI=1S/C13H17N3O2S2/c1-9-5-10(2)7-11(6-9)3-4-15-13-16-8-12(19-13)20(14,17)18/h5-8H,3-4H2,1-2H3,(H,15,16)(H2,14,17,18). The molecular weight excluding hydrogens is 294 g/mol. The van der Waals surface area contributed by atoms with Gasteiger partial charge in [0.05, 0.1) is 6.20 Å². The van der Waals surface area contributed by atoms with Crippen LogP contribution < -0.4 is 10.5 Å². The molecule has 0 aliphatic carbocycles. The predicted molar refractivity (Wildman–Crippen MR) is 81.6 cm³/mol. The highest BCUT2D eigenvalue weighted by Gasteiger charge is 2.12. The summed E-state index contributed by atoms with van der Waals surface area (Å²) in [4.78, 5) is 4.00. The molecule has 7 heteroatoms. The minimum Gasteiger partial charge on any atom is -0.361 e. The fourth-order valence-electron chi connectivity index (χ4n) is 2.00. The van der Waals surface area contributed by atoms with Crippen LogP contribution in [-0.2, 0) is 16.4 Å². The molecule has 108 valence electrons. The van der Waals surface area contributed by atoms with Crippen molar-refractivity contribution in [3.05, 3.63) is 41.1 Å². The highest BCUT2D eigenvalue weighted by Crippen LogP contribution is 2.21. The average molecular weight is 311 g/mol. The van der Waals surface area contributed by atoms with Crippen molar-refractivity contribution >= 4 is 26.5 Å². The van der Waals surface area contributed by atoms with E-state index in [1.54, 1.807) is 0 Å². The number of nitrogens with two attached hydrogens (primary N) is 1. The van der Waals surface area contributed by atoms with Crippen LogP contribution in [0.2, 0.25) is 0 Å². The molecule has 0 fully saturated rings. The van der Waals surface area contributed by atoms with Crippen molar-refractivity contribution in [2.24, 2.45) is 5.14 Å². The average Bonchev–Trinajstić information content (AvgIpc) is 2.76. The van der Waals surface area contributed by atoms with Gasteiger partial charge in [0.15, 0.2) is 9.34 Å². The van der Waals surface area contributed by atoms with Gasteiger partial charge in [-0.3, -0.25) is 0 Å². The molecule has 0 saturated carbocycles. The molecule has 0 radical (unpaired) electrons. The molecule has 0 aliphatic rings. The van der Waals surface area contributed by atoms with Gasteiger partial charge >= 0.3 is 0 Å². The van der Waals surface area contributed by atoms with Gasteiger partial charge in [-0.2, -0.15) is 0 Å². The van der Waals surface area contributed by atoms with E-state index in [0.29, 0.717) is 11.7 Å². The number of primary sulfonamides is 1. The van der Waals surface area contributed by atoms with Crippen molar-refractivity contribution in [2.75, 3.05) is 11.9 Å². The molecule has 1 aromatic carbocycles. The van der Waals surface area contributed by atoms with Crippen LogP contribution in [0.3, 0.4) is 0 Å². The largest absolute Gasteiger partial charge is 0.361 e. The number of hydrogen-bond acceptors (Lipinski definition) is 5. The molecule has 3 N–H and O–H groups in total. The maximum Gasteiger partial charge on any atom is 0.249 e. The van der Waals surface area contributed by atoms with Crippen molar-refractivity contribution < 1.29 is 8.42 Å². The number of thiazole rings is 1. The third kappa shape index (κ3) is 4.03. The van der Waals surface area contributed by atoms with Crippen molar-refractivity contribution in [3.63, 3.8) is 0 Å². The lowest BCUT2D eigenvalue weighted by molar-refractivity contribution is 0.599. The van der Waals surface area contributed by atoms with Crippen molar-refractivity contribution in [1.82, 2.24) is 4.98 Å². The molecule has 0 bridgehead atoms. The number of benzene rings is 1. The maximum atomic E-state index is 11.1. The van der Waals surface area contributed by atoms with E-state index in [4.69, 9.17) is 5.14 Å². The summed E-state index contributed by atoms with van der Waals surface area (Å²) in [6.07, 6.45) is 2.13. The lowest BCUT2D eigenvalue weighted by atomic mass is 10.1. The molecule has 0 spiro atoms. The highest BCUT2D eigenvalue weighted by atomic mass is 32.2. The Bertz CT molecular complexity index is 688. The van der Waals surface area contributed by atoms with Gasteiger partial charge in [-0.05, 0) is 25.8 Å². The molecule has 0 aliphatic heterocycles. The fraction of sp³-hybridized carbons (Fsp3) is 0.308. The topological polar surface area (TPSA) is 85.1 Å². The van der Waals surface area contributed by atoms with Crippen molar-refractivity contribution in [3.8, 4) is 0 Å². The zero-order valence-corrected chi connectivity index (χ0v) is 13.0. The van der Waals surface area contributed by atoms with Crippen LogP contribution in [0.25, 0.3) is 0 Å². The van der Waals surface area contributed by atoms with Crippen LogP contribution in [0.1, 0.15) is 16.7 Å². The van der Waals surface area contributed by atoms with Crippen LogP contribution in [0.5, 0.6) is 0 Å². The predicted octanol–water partition coefficient (Wildman–Crippen LogP) is 2.06. The third-order valence-electron chi connectivity index (χ3n) is 2.74. The maximum absolute atomic E-state index is 11.1. The fourth-order valence-corrected chi connectivity index (χ4v) is 3.48. The second kappa shape index (κ2) is 5.90. The number of nitrogens with zero attached hydrogens (tertiary/aromatic N) is 1. The minimum absolute atomic E-state index is 0.0754. The summed E-state index contributed by atoms with van der Waals surface area (Å²) in [5, 5.41) is 8.72. The molecule has 20 heavy (non-hydrogen) atoms. The molecule has 0 amide bonds. The lowest BCUT2D eigenvalue weighted by Gasteiger charge is -2.05. The summed E-state index contributed by atoms with van der Waals surface area (Å²) >= 11 is 1.05. The monoisotopic (exact) mass is 311 g/mol. The number of aryl methyl sites for hydroxylation is 2. The SMILES string of the molecule is Cc1cc(C)cc(CCNc2ncc(S(N)(=O)=O)s2)c1. The Morgan fingerprint density at radius 3 is 2.45 bits per heavy atom. The van der Waals surface area contributed by atoms with E-state index in [1.165, 1.54) is 22.9 Å². The van der Waals surface area contributed by atoms with Crippen LogP contribution in [0, 0.1) is 13.8 Å². The Morgan fingerprint density at radius 1 is 1.25 bits per heavy atom. The number of nitrogens with one attached hydrogen (secondary N) is 1. The first kappa shape index (κ1) is 15.0. The lowest BCUT2D eigenvalue weighted by Crippen LogP contribution is -2.10. The molecule has 5 nitrogen and oxygen atoms in total. The minimum atomic E-state index is -3.65. The first-order chi connectivity index (χ1) is 9.34. The first-order valence-corrected chi connectivity index (χ1v) is 8.50. The Kier molecular flexibility index (Phi) is 4.42. The zero-order chi connectivity index (χ0) is 14.8. The van der Waals surface area contributed by atoms with Crippen molar-refractivity contribution in [2.45, 2.75) is 24.5 Å². The number of anilines is 1. The molecule has 1 heterocycles. The quantitative estimate of drug-likeness (QED) is 0.885. The van der Waals surface area contributed by atoms with Crippen LogP contribution >= 0.6 is 11.3 Å². The third-order valence-corrected chi connectivity index (χ3v) is 5.10. The molecular formula is C13H17N3O2S2. The van der Waals surface area contributed by atoms with E-state index in [9.17, 15) is 8.42 Å². The highest BCUT2D eigenvalue weighted by molar-refractivity contribution is 7.91. The Morgan fingerprint density at radius 2 is 1.90 bits per heavy atom. The van der Waals surface area contributed by atoms with Gasteiger partial charge in [-0.15, -0.1) is 0 Å². The van der Waals surface area contributed by atoms with E-state index in [0.717, 1.165) is 17.8 Å². The Labute approximate surface area is 122 Å². The second-order valence-electron chi connectivity index (χ2n) is 4.70. The smallest absolute Gasteiger partial charge is 0.249 e. The normalized spacial score (nSPS) is 11.6. The molecule has 0 unspecified atom stereocenters.